The molecule has 0 heterocycles. The first-order valence-electron chi connectivity index (χ1n) is 5.33. The zero-order valence-electron chi connectivity index (χ0n) is 8.82. The molecule has 0 saturated carbocycles. The molecular formula is C12H18ClNO. The van der Waals surface area contributed by atoms with Crippen molar-refractivity contribution in [2.45, 2.75) is 18.9 Å². The molecule has 1 atom stereocenters. The third-order valence-corrected chi connectivity index (χ3v) is 2.53. The highest BCUT2D eigenvalue weighted by Gasteiger charge is 2.08. The molecule has 1 aromatic rings. The maximum atomic E-state index is 8.83. The largest absolute Gasteiger partial charge is 0.396 e. The van der Waals surface area contributed by atoms with E-state index >= 15 is 0 Å². The van der Waals surface area contributed by atoms with Gasteiger partial charge in [-0.25, -0.2) is 0 Å². The van der Waals surface area contributed by atoms with Crippen LogP contribution < -0.4 is 5.32 Å². The van der Waals surface area contributed by atoms with E-state index in [-0.39, 0.29) is 6.61 Å². The quantitative estimate of drug-likeness (QED) is 0.701. The van der Waals surface area contributed by atoms with Gasteiger partial charge in [-0.1, -0.05) is 30.3 Å². The molecule has 1 aromatic carbocycles. The van der Waals surface area contributed by atoms with Crippen LogP contribution in [0.4, 0.5) is 0 Å². The molecule has 1 unspecified atom stereocenters. The highest BCUT2D eigenvalue weighted by atomic mass is 35.5. The van der Waals surface area contributed by atoms with Gasteiger partial charge in [0.1, 0.15) is 0 Å². The molecule has 0 bridgehead atoms. The molecule has 2 N–H and O–H groups in total. The van der Waals surface area contributed by atoms with E-state index in [0.29, 0.717) is 11.9 Å². The van der Waals surface area contributed by atoms with Crippen LogP contribution in [0.1, 0.15) is 24.4 Å². The van der Waals surface area contributed by atoms with Crippen LogP contribution in [-0.4, -0.2) is 24.1 Å². The number of benzene rings is 1. The van der Waals surface area contributed by atoms with Gasteiger partial charge in [0.25, 0.3) is 0 Å². The second kappa shape index (κ2) is 7.69. The van der Waals surface area contributed by atoms with Crippen molar-refractivity contribution in [3.05, 3.63) is 35.9 Å². The first-order chi connectivity index (χ1) is 7.38. The van der Waals surface area contributed by atoms with E-state index < -0.39 is 0 Å². The molecule has 0 aliphatic heterocycles. The van der Waals surface area contributed by atoms with E-state index in [4.69, 9.17) is 16.7 Å². The van der Waals surface area contributed by atoms with Crippen molar-refractivity contribution < 1.29 is 5.11 Å². The van der Waals surface area contributed by atoms with Crippen molar-refractivity contribution in [1.82, 2.24) is 5.32 Å². The Morgan fingerprint density at radius 2 is 2.00 bits per heavy atom. The van der Waals surface area contributed by atoms with Gasteiger partial charge in [0, 0.05) is 25.1 Å². The summed E-state index contributed by atoms with van der Waals surface area (Å²) < 4.78 is 0. The highest BCUT2D eigenvalue weighted by Crippen LogP contribution is 2.17. The van der Waals surface area contributed by atoms with Crippen LogP contribution in [0.2, 0.25) is 0 Å². The van der Waals surface area contributed by atoms with Crippen LogP contribution in [0, 0.1) is 0 Å². The Balaban J connectivity index is 2.55. The number of aliphatic hydroxyl groups excluding tert-OH is 1. The van der Waals surface area contributed by atoms with Crippen LogP contribution in [0.3, 0.4) is 0 Å². The Morgan fingerprint density at radius 3 is 2.60 bits per heavy atom. The fourth-order valence-corrected chi connectivity index (χ4v) is 1.71. The number of alkyl halides is 1. The number of halogens is 1. The summed E-state index contributed by atoms with van der Waals surface area (Å²) in [5.74, 6) is 0.614. The van der Waals surface area contributed by atoms with Gasteiger partial charge in [0.05, 0.1) is 0 Å². The fraction of sp³-hybridized carbons (Fsp3) is 0.500. The fourth-order valence-electron chi connectivity index (χ4n) is 1.60. The molecule has 0 aromatic heterocycles. The van der Waals surface area contributed by atoms with Gasteiger partial charge >= 0.3 is 0 Å². The normalized spacial score (nSPS) is 12.7. The summed E-state index contributed by atoms with van der Waals surface area (Å²) in [5, 5.41) is 12.2. The smallest absolute Gasteiger partial charge is 0.0431 e. The minimum absolute atomic E-state index is 0.242. The molecule has 0 spiro atoms. The second-order valence-corrected chi connectivity index (χ2v) is 3.85. The Morgan fingerprint density at radius 1 is 1.27 bits per heavy atom. The maximum absolute atomic E-state index is 8.83. The van der Waals surface area contributed by atoms with Crippen molar-refractivity contribution in [3.63, 3.8) is 0 Å². The van der Waals surface area contributed by atoms with E-state index in [1.165, 1.54) is 5.56 Å². The summed E-state index contributed by atoms with van der Waals surface area (Å²) in [4.78, 5) is 0. The molecule has 0 aliphatic carbocycles. The van der Waals surface area contributed by atoms with E-state index in [9.17, 15) is 0 Å². The van der Waals surface area contributed by atoms with E-state index in [1.807, 2.05) is 18.2 Å². The van der Waals surface area contributed by atoms with Gasteiger partial charge in [-0.15, -0.1) is 11.6 Å². The van der Waals surface area contributed by atoms with Gasteiger partial charge in [-0.3, -0.25) is 0 Å². The third-order valence-electron chi connectivity index (χ3n) is 2.34. The first-order valence-corrected chi connectivity index (χ1v) is 5.87. The second-order valence-electron chi connectivity index (χ2n) is 3.47. The van der Waals surface area contributed by atoms with Gasteiger partial charge in [-0.2, -0.15) is 0 Å². The minimum atomic E-state index is 0.242. The van der Waals surface area contributed by atoms with E-state index in [0.717, 1.165) is 19.4 Å². The molecule has 0 saturated heterocycles. The Hall–Kier alpha value is -0.570. The Bertz CT molecular complexity index is 245. The van der Waals surface area contributed by atoms with Crippen molar-refractivity contribution >= 4 is 11.6 Å². The van der Waals surface area contributed by atoms with Crippen molar-refractivity contribution in [3.8, 4) is 0 Å². The number of rotatable bonds is 7. The average Bonchev–Trinajstić information content (AvgIpc) is 2.30. The standard InChI is InChI=1S/C12H18ClNO/c13-8-9-14-12(7-4-10-15)11-5-2-1-3-6-11/h1-3,5-6,12,14-15H,4,7-10H2. The van der Waals surface area contributed by atoms with E-state index in [1.54, 1.807) is 0 Å². The lowest BCUT2D eigenvalue weighted by Crippen LogP contribution is -2.23. The molecule has 0 amide bonds. The van der Waals surface area contributed by atoms with Gasteiger partial charge in [0.15, 0.2) is 0 Å². The topological polar surface area (TPSA) is 32.3 Å². The van der Waals surface area contributed by atoms with Crippen LogP contribution in [0.25, 0.3) is 0 Å². The number of nitrogens with one attached hydrogen (secondary N) is 1. The van der Waals surface area contributed by atoms with Crippen LogP contribution in [0.5, 0.6) is 0 Å². The lowest BCUT2D eigenvalue weighted by atomic mass is 10.0. The predicted octanol–water partition coefficient (Wildman–Crippen LogP) is 2.33. The zero-order valence-corrected chi connectivity index (χ0v) is 9.58. The summed E-state index contributed by atoms with van der Waals surface area (Å²) in [6, 6.07) is 10.6. The van der Waals surface area contributed by atoms with Crippen LogP contribution in [0.15, 0.2) is 30.3 Å². The monoisotopic (exact) mass is 227 g/mol. The molecule has 15 heavy (non-hydrogen) atoms. The molecule has 0 radical (unpaired) electrons. The van der Waals surface area contributed by atoms with Crippen molar-refractivity contribution in [2.24, 2.45) is 0 Å². The summed E-state index contributed by atoms with van der Waals surface area (Å²) in [6.07, 6.45) is 1.76. The molecule has 1 rings (SSSR count). The van der Waals surface area contributed by atoms with Gasteiger partial charge in [0.2, 0.25) is 0 Å². The maximum Gasteiger partial charge on any atom is 0.0431 e. The summed E-state index contributed by atoms with van der Waals surface area (Å²) >= 11 is 5.66. The Kier molecular flexibility index (Phi) is 6.41. The van der Waals surface area contributed by atoms with Gasteiger partial charge < -0.3 is 10.4 Å². The van der Waals surface area contributed by atoms with Crippen LogP contribution >= 0.6 is 11.6 Å². The average molecular weight is 228 g/mol. The highest BCUT2D eigenvalue weighted by molar-refractivity contribution is 6.18. The number of hydrogen-bond donors (Lipinski definition) is 2. The van der Waals surface area contributed by atoms with Crippen molar-refractivity contribution in [1.29, 1.82) is 0 Å². The summed E-state index contributed by atoms with van der Waals surface area (Å²) in [6.45, 7) is 1.04. The number of aliphatic hydroxyl groups is 1. The SMILES string of the molecule is OCCCC(NCCCl)c1ccccc1. The third kappa shape index (κ3) is 4.65. The summed E-state index contributed by atoms with van der Waals surface area (Å²) in [7, 11) is 0. The Labute approximate surface area is 96.3 Å². The van der Waals surface area contributed by atoms with Gasteiger partial charge in [-0.05, 0) is 18.4 Å². The molecule has 0 aliphatic rings. The minimum Gasteiger partial charge on any atom is -0.396 e. The predicted molar refractivity (Wildman–Crippen MR) is 64.2 cm³/mol. The van der Waals surface area contributed by atoms with Crippen molar-refractivity contribution in [2.75, 3.05) is 19.0 Å². The molecular weight excluding hydrogens is 210 g/mol. The molecule has 2 nitrogen and oxygen atoms in total. The number of hydrogen-bond acceptors (Lipinski definition) is 2. The molecule has 0 fully saturated rings. The molecule has 84 valence electrons. The lowest BCUT2D eigenvalue weighted by molar-refractivity contribution is 0.275. The lowest BCUT2D eigenvalue weighted by Gasteiger charge is -2.18. The zero-order chi connectivity index (χ0) is 10.9. The van der Waals surface area contributed by atoms with E-state index in [2.05, 4.69) is 17.4 Å². The summed E-state index contributed by atoms with van der Waals surface area (Å²) in [5.41, 5.74) is 1.26. The first kappa shape index (κ1) is 12.5. The molecule has 3 heteroatoms. The van der Waals surface area contributed by atoms with Crippen LogP contribution in [-0.2, 0) is 0 Å².